The molecule has 0 radical (unpaired) electrons. The number of nitrogens with one attached hydrogen (secondary N) is 1. The highest BCUT2D eigenvalue weighted by molar-refractivity contribution is 5.94. The van der Waals surface area contributed by atoms with Crippen molar-refractivity contribution in [2.45, 2.75) is 12.8 Å². The monoisotopic (exact) mass is 265 g/mol. The second-order valence-corrected chi connectivity index (χ2v) is 4.44. The van der Waals surface area contributed by atoms with Gasteiger partial charge in [-0.1, -0.05) is 0 Å². The van der Waals surface area contributed by atoms with E-state index in [0.29, 0.717) is 24.2 Å². The fourth-order valence-corrected chi connectivity index (χ4v) is 2.09. The van der Waals surface area contributed by atoms with Crippen LogP contribution in [0.1, 0.15) is 17.5 Å². The number of benzene rings is 1. The van der Waals surface area contributed by atoms with Crippen molar-refractivity contribution in [3.63, 3.8) is 0 Å². The van der Waals surface area contributed by atoms with Crippen LogP contribution in [0.3, 0.4) is 0 Å². The Labute approximate surface area is 115 Å². The molecule has 1 N–H and O–H groups in total. The topological polar surface area (TPSA) is 75.0 Å². The standard InChI is InChI=1S/C15H11N3O2/c16-9-11-2-1-7-17-15(11)20-12-4-5-13-10(8-12)3-6-14(19)18-13/h1-2,4-5,7-8H,3,6H2,(H,18,19). The summed E-state index contributed by atoms with van der Waals surface area (Å²) in [6.45, 7) is 0. The highest BCUT2D eigenvalue weighted by Gasteiger charge is 2.15. The Kier molecular flexibility index (Phi) is 3.05. The molecule has 98 valence electrons. The molecule has 1 aromatic heterocycles. The molecule has 0 spiro atoms. The van der Waals surface area contributed by atoms with Crippen molar-refractivity contribution in [3.8, 4) is 17.7 Å². The number of anilines is 1. The first-order valence-electron chi connectivity index (χ1n) is 6.22. The molecule has 0 aliphatic carbocycles. The maximum atomic E-state index is 11.3. The van der Waals surface area contributed by atoms with Crippen molar-refractivity contribution in [1.29, 1.82) is 5.26 Å². The summed E-state index contributed by atoms with van der Waals surface area (Å²) in [5.41, 5.74) is 2.23. The summed E-state index contributed by atoms with van der Waals surface area (Å²) in [6.07, 6.45) is 2.74. The van der Waals surface area contributed by atoms with Crippen molar-refractivity contribution in [2.24, 2.45) is 0 Å². The molecule has 2 heterocycles. The van der Waals surface area contributed by atoms with E-state index in [0.717, 1.165) is 11.3 Å². The SMILES string of the molecule is N#Cc1cccnc1Oc1ccc2c(c1)CCC(=O)N2. The lowest BCUT2D eigenvalue weighted by atomic mass is 10.0. The first-order valence-corrected chi connectivity index (χ1v) is 6.22. The van der Waals surface area contributed by atoms with Gasteiger partial charge in [0.1, 0.15) is 17.4 Å². The van der Waals surface area contributed by atoms with Crippen molar-refractivity contribution in [2.75, 3.05) is 5.32 Å². The third-order valence-electron chi connectivity index (χ3n) is 3.08. The van der Waals surface area contributed by atoms with Gasteiger partial charge in [-0.05, 0) is 42.3 Å². The van der Waals surface area contributed by atoms with E-state index in [1.807, 2.05) is 12.1 Å². The van der Waals surface area contributed by atoms with Gasteiger partial charge in [0.05, 0.1) is 0 Å². The number of ether oxygens (including phenoxy) is 1. The van der Waals surface area contributed by atoms with E-state index in [9.17, 15) is 4.79 Å². The van der Waals surface area contributed by atoms with Gasteiger partial charge in [-0.3, -0.25) is 4.79 Å². The summed E-state index contributed by atoms with van der Waals surface area (Å²) in [5.74, 6) is 0.924. The maximum absolute atomic E-state index is 11.3. The molecular weight excluding hydrogens is 254 g/mol. The van der Waals surface area contributed by atoms with E-state index < -0.39 is 0 Å². The third kappa shape index (κ3) is 2.31. The van der Waals surface area contributed by atoms with Crippen LogP contribution in [-0.2, 0) is 11.2 Å². The van der Waals surface area contributed by atoms with Crippen molar-refractivity contribution in [1.82, 2.24) is 4.98 Å². The quantitative estimate of drug-likeness (QED) is 0.905. The molecule has 1 aliphatic rings. The molecule has 1 amide bonds. The number of hydrogen-bond donors (Lipinski definition) is 1. The van der Waals surface area contributed by atoms with E-state index in [4.69, 9.17) is 10.00 Å². The molecule has 1 aliphatic heterocycles. The van der Waals surface area contributed by atoms with Crippen LogP contribution in [0.25, 0.3) is 0 Å². The van der Waals surface area contributed by atoms with E-state index >= 15 is 0 Å². The van der Waals surface area contributed by atoms with Gasteiger partial charge < -0.3 is 10.1 Å². The van der Waals surface area contributed by atoms with Crippen LogP contribution in [0.15, 0.2) is 36.5 Å². The van der Waals surface area contributed by atoms with Crippen molar-refractivity contribution in [3.05, 3.63) is 47.7 Å². The van der Waals surface area contributed by atoms with Crippen molar-refractivity contribution >= 4 is 11.6 Å². The third-order valence-corrected chi connectivity index (χ3v) is 3.08. The van der Waals surface area contributed by atoms with Crippen LogP contribution in [0, 0.1) is 11.3 Å². The number of fused-ring (bicyclic) bond motifs is 1. The first-order chi connectivity index (χ1) is 9.76. The normalized spacial score (nSPS) is 13.1. The predicted octanol–water partition coefficient (Wildman–Crippen LogP) is 2.63. The molecule has 0 saturated carbocycles. The molecule has 0 fully saturated rings. The number of pyridine rings is 1. The average molecular weight is 265 g/mol. The van der Waals surface area contributed by atoms with E-state index in [1.165, 1.54) is 0 Å². The molecule has 0 saturated heterocycles. The van der Waals surface area contributed by atoms with Gasteiger partial charge in [-0.15, -0.1) is 0 Å². The lowest BCUT2D eigenvalue weighted by molar-refractivity contribution is -0.116. The minimum Gasteiger partial charge on any atom is -0.438 e. The minimum absolute atomic E-state index is 0.0302. The van der Waals surface area contributed by atoms with Crippen molar-refractivity contribution < 1.29 is 9.53 Å². The number of nitrogens with zero attached hydrogens (tertiary/aromatic N) is 2. The van der Waals surface area contributed by atoms with Gasteiger partial charge >= 0.3 is 0 Å². The Hall–Kier alpha value is -2.87. The zero-order chi connectivity index (χ0) is 13.9. The summed E-state index contributed by atoms with van der Waals surface area (Å²) < 4.78 is 5.65. The lowest BCUT2D eigenvalue weighted by Crippen LogP contribution is -2.18. The number of carbonyl (C=O) groups is 1. The smallest absolute Gasteiger partial charge is 0.237 e. The van der Waals surface area contributed by atoms with Gasteiger partial charge in [0, 0.05) is 18.3 Å². The Balaban J connectivity index is 1.89. The summed E-state index contributed by atoms with van der Waals surface area (Å²) in [7, 11) is 0. The van der Waals surface area contributed by atoms with Crippen LogP contribution in [0.5, 0.6) is 11.6 Å². The zero-order valence-electron chi connectivity index (χ0n) is 10.6. The molecule has 5 heteroatoms. The number of amides is 1. The van der Waals surface area contributed by atoms with Gasteiger partial charge in [-0.25, -0.2) is 4.98 Å². The molecular formula is C15H11N3O2. The molecule has 2 aromatic rings. The van der Waals surface area contributed by atoms with Crippen LogP contribution in [0.4, 0.5) is 5.69 Å². The van der Waals surface area contributed by atoms with Crippen LogP contribution in [-0.4, -0.2) is 10.9 Å². The molecule has 3 rings (SSSR count). The number of hydrogen-bond acceptors (Lipinski definition) is 4. The zero-order valence-corrected chi connectivity index (χ0v) is 10.6. The number of nitriles is 1. The van der Waals surface area contributed by atoms with E-state index in [2.05, 4.69) is 10.3 Å². The highest BCUT2D eigenvalue weighted by atomic mass is 16.5. The van der Waals surface area contributed by atoms with Crippen LogP contribution in [0.2, 0.25) is 0 Å². The Morgan fingerprint density at radius 2 is 2.20 bits per heavy atom. The first kappa shape index (κ1) is 12.2. The molecule has 1 aromatic carbocycles. The Morgan fingerprint density at radius 1 is 1.30 bits per heavy atom. The lowest BCUT2D eigenvalue weighted by Gasteiger charge is -2.17. The van der Waals surface area contributed by atoms with Crippen LogP contribution >= 0.6 is 0 Å². The summed E-state index contributed by atoms with van der Waals surface area (Å²) >= 11 is 0. The Bertz CT molecular complexity index is 719. The number of rotatable bonds is 2. The number of aryl methyl sites for hydroxylation is 1. The minimum atomic E-state index is 0.0302. The number of aromatic nitrogens is 1. The van der Waals surface area contributed by atoms with E-state index in [1.54, 1.807) is 30.5 Å². The largest absolute Gasteiger partial charge is 0.438 e. The van der Waals surface area contributed by atoms with Gasteiger partial charge in [0.2, 0.25) is 11.8 Å². The van der Waals surface area contributed by atoms with Gasteiger partial charge in [-0.2, -0.15) is 5.26 Å². The van der Waals surface area contributed by atoms with Gasteiger partial charge in [0.15, 0.2) is 0 Å². The molecule has 20 heavy (non-hydrogen) atoms. The summed E-state index contributed by atoms with van der Waals surface area (Å²) in [4.78, 5) is 15.4. The fraction of sp³-hybridized carbons (Fsp3) is 0.133. The summed E-state index contributed by atoms with van der Waals surface area (Å²) in [6, 6.07) is 10.8. The van der Waals surface area contributed by atoms with E-state index in [-0.39, 0.29) is 11.8 Å². The molecule has 0 unspecified atom stereocenters. The Morgan fingerprint density at radius 3 is 3.05 bits per heavy atom. The predicted molar refractivity (Wildman–Crippen MR) is 72.4 cm³/mol. The second kappa shape index (κ2) is 5.02. The molecule has 0 atom stereocenters. The maximum Gasteiger partial charge on any atom is 0.237 e. The highest BCUT2D eigenvalue weighted by Crippen LogP contribution is 2.29. The number of carbonyl (C=O) groups excluding carboxylic acids is 1. The molecule has 0 bridgehead atoms. The second-order valence-electron chi connectivity index (χ2n) is 4.44. The molecule has 5 nitrogen and oxygen atoms in total. The fourth-order valence-electron chi connectivity index (χ4n) is 2.09. The van der Waals surface area contributed by atoms with Crippen LogP contribution < -0.4 is 10.1 Å². The average Bonchev–Trinajstić information content (AvgIpc) is 2.48. The summed E-state index contributed by atoms with van der Waals surface area (Å²) in [5, 5.41) is 11.8. The van der Waals surface area contributed by atoms with Gasteiger partial charge in [0.25, 0.3) is 0 Å².